The summed E-state index contributed by atoms with van der Waals surface area (Å²) in [4.78, 5) is 25.3. The van der Waals surface area contributed by atoms with Gasteiger partial charge in [-0.25, -0.2) is 4.79 Å². The fourth-order valence-corrected chi connectivity index (χ4v) is 3.86. The maximum absolute atomic E-state index is 13.4. The smallest absolute Gasteiger partial charge is 0.325 e. The first-order chi connectivity index (χ1) is 16.8. The standard InChI is InChI=1S/C23H16ClF6N3O2S/c24-19-7-6-14(11-18(19)23(28,29)30)32-21(35)33-16-9-13(22(25,26)27)8-15(10-16)31-20(34)12-36-17-4-2-1-3-5-17/h1-11H,12H2,(H,31,34)(H2,32,33,35). The van der Waals surface area contributed by atoms with Crippen molar-refractivity contribution in [1.82, 2.24) is 0 Å². The van der Waals surface area contributed by atoms with Crippen molar-refractivity contribution in [1.29, 1.82) is 0 Å². The van der Waals surface area contributed by atoms with Gasteiger partial charge in [-0.05, 0) is 48.5 Å². The Bertz CT molecular complexity index is 1250. The van der Waals surface area contributed by atoms with E-state index in [0.29, 0.717) is 18.2 Å². The molecule has 0 bridgehead atoms. The third-order valence-corrected chi connectivity index (χ3v) is 5.79. The molecule has 3 aromatic carbocycles. The minimum absolute atomic E-state index is 0.0817. The van der Waals surface area contributed by atoms with Crippen LogP contribution in [-0.4, -0.2) is 17.7 Å². The number of carbonyl (C=O) groups is 2. The minimum Gasteiger partial charge on any atom is -0.325 e. The topological polar surface area (TPSA) is 70.2 Å². The van der Waals surface area contributed by atoms with Crippen molar-refractivity contribution in [3.05, 3.63) is 82.9 Å². The molecule has 36 heavy (non-hydrogen) atoms. The summed E-state index contributed by atoms with van der Waals surface area (Å²) in [5.41, 5.74) is -3.22. The first-order valence-corrected chi connectivity index (χ1v) is 11.3. The third-order valence-electron chi connectivity index (χ3n) is 4.44. The van der Waals surface area contributed by atoms with Crippen LogP contribution < -0.4 is 16.0 Å². The highest BCUT2D eigenvalue weighted by molar-refractivity contribution is 8.00. The lowest BCUT2D eigenvalue weighted by Crippen LogP contribution is -2.21. The molecule has 0 unspecified atom stereocenters. The van der Waals surface area contributed by atoms with Crippen LogP contribution in [0.5, 0.6) is 0 Å². The highest BCUT2D eigenvalue weighted by atomic mass is 35.5. The molecule has 0 aliphatic rings. The maximum atomic E-state index is 13.4. The number of rotatable bonds is 6. The van der Waals surface area contributed by atoms with E-state index in [2.05, 4.69) is 16.0 Å². The van der Waals surface area contributed by atoms with E-state index < -0.39 is 40.4 Å². The Labute approximate surface area is 210 Å². The predicted molar refractivity (Wildman–Crippen MR) is 126 cm³/mol. The summed E-state index contributed by atoms with van der Waals surface area (Å²) >= 11 is 6.71. The van der Waals surface area contributed by atoms with Crippen LogP contribution in [0.1, 0.15) is 11.1 Å². The van der Waals surface area contributed by atoms with E-state index in [4.69, 9.17) is 11.6 Å². The van der Waals surface area contributed by atoms with Crippen molar-refractivity contribution < 1.29 is 35.9 Å². The van der Waals surface area contributed by atoms with E-state index in [1.165, 1.54) is 11.8 Å². The molecule has 0 aromatic heterocycles. The summed E-state index contributed by atoms with van der Waals surface area (Å²) in [5, 5.41) is 5.99. The Morgan fingerprint density at radius 1 is 0.750 bits per heavy atom. The molecule has 3 aromatic rings. The van der Waals surface area contributed by atoms with E-state index in [-0.39, 0.29) is 22.8 Å². The van der Waals surface area contributed by atoms with Gasteiger partial charge in [-0.2, -0.15) is 26.3 Å². The van der Waals surface area contributed by atoms with Crippen molar-refractivity contribution in [3.63, 3.8) is 0 Å². The average Bonchev–Trinajstić information content (AvgIpc) is 2.78. The molecule has 3 amide bonds. The van der Waals surface area contributed by atoms with E-state index in [1.807, 2.05) is 0 Å². The van der Waals surface area contributed by atoms with Crippen LogP contribution >= 0.6 is 23.4 Å². The van der Waals surface area contributed by atoms with Gasteiger partial charge in [0.1, 0.15) is 0 Å². The third kappa shape index (κ3) is 7.82. The Kier molecular flexibility index (Phi) is 8.41. The van der Waals surface area contributed by atoms with Crippen LogP contribution in [0.2, 0.25) is 5.02 Å². The SMILES string of the molecule is O=C(CSc1ccccc1)Nc1cc(NC(=O)Nc2ccc(Cl)c(C(F)(F)F)c2)cc(C(F)(F)F)c1. The van der Waals surface area contributed by atoms with Crippen molar-refractivity contribution in [2.75, 3.05) is 21.7 Å². The summed E-state index contributed by atoms with van der Waals surface area (Å²) in [6, 6.07) is 12.8. The Hall–Kier alpha value is -3.38. The van der Waals surface area contributed by atoms with E-state index in [1.54, 1.807) is 30.3 Å². The van der Waals surface area contributed by atoms with Crippen LogP contribution in [0.15, 0.2) is 71.6 Å². The molecule has 0 fully saturated rings. The highest BCUT2D eigenvalue weighted by Gasteiger charge is 2.34. The fraction of sp³-hybridized carbons (Fsp3) is 0.130. The molecule has 190 valence electrons. The van der Waals surface area contributed by atoms with Gasteiger partial charge in [0.25, 0.3) is 0 Å². The number of thioether (sulfide) groups is 1. The van der Waals surface area contributed by atoms with Gasteiger partial charge in [-0.1, -0.05) is 29.8 Å². The Morgan fingerprint density at radius 3 is 1.97 bits per heavy atom. The molecule has 0 spiro atoms. The molecule has 13 heteroatoms. The monoisotopic (exact) mass is 547 g/mol. The number of carbonyl (C=O) groups excluding carboxylic acids is 2. The fourth-order valence-electron chi connectivity index (χ4n) is 2.91. The normalized spacial score (nSPS) is 11.6. The van der Waals surface area contributed by atoms with Gasteiger partial charge in [0, 0.05) is 22.0 Å². The molecule has 0 saturated carbocycles. The van der Waals surface area contributed by atoms with Gasteiger partial charge < -0.3 is 16.0 Å². The number of hydrogen-bond acceptors (Lipinski definition) is 3. The average molecular weight is 548 g/mol. The van der Waals surface area contributed by atoms with Crippen molar-refractivity contribution in [2.45, 2.75) is 17.2 Å². The van der Waals surface area contributed by atoms with Gasteiger partial charge in [-0.3, -0.25) is 4.79 Å². The molecule has 0 saturated heterocycles. The van der Waals surface area contributed by atoms with E-state index in [9.17, 15) is 35.9 Å². The number of amides is 3. The lowest BCUT2D eigenvalue weighted by Gasteiger charge is -2.15. The number of urea groups is 1. The van der Waals surface area contributed by atoms with Crippen molar-refractivity contribution in [2.24, 2.45) is 0 Å². The molecule has 0 radical (unpaired) electrons. The zero-order valence-corrected chi connectivity index (χ0v) is 19.5. The Morgan fingerprint density at radius 2 is 1.36 bits per heavy atom. The number of anilines is 3. The largest absolute Gasteiger partial charge is 0.417 e. The van der Waals surface area contributed by atoms with Gasteiger partial charge in [0.15, 0.2) is 0 Å². The number of nitrogens with one attached hydrogen (secondary N) is 3. The summed E-state index contributed by atoms with van der Waals surface area (Å²) in [6.07, 6.45) is -9.58. The quantitative estimate of drug-likeness (QED) is 0.218. The summed E-state index contributed by atoms with van der Waals surface area (Å²) in [7, 11) is 0. The second-order valence-corrected chi connectivity index (χ2v) is 8.67. The lowest BCUT2D eigenvalue weighted by molar-refractivity contribution is -0.138. The zero-order valence-electron chi connectivity index (χ0n) is 17.9. The van der Waals surface area contributed by atoms with Crippen LogP contribution in [0, 0.1) is 0 Å². The molecule has 0 aliphatic carbocycles. The molecule has 5 nitrogen and oxygen atoms in total. The van der Waals surface area contributed by atoms with Gasteiger partial charge in [0.2, 0.25) is 5.91 Å². The maximum Gasteiger partial charge on any atom is 0.417 e. The number of benzene rings is 3. The number of alkyl halides is 6. The van der Waals surface area contributed by atoms with E-state index in [0.717, 1.165) is 23.1 Å². The molecule has 3 N–H and O–H groups in total. The van der Waals surface area contributed by atoms with Gasteiger partial charge >= 0.3 is 18.4 Å². The number of hydrogen-bond donors (Lipinski definition) is 3. The van der Waals surface area contributed by atoms with Crippen molar-refractivity contribution in [3.8, 4) is 0 Å². The molecular formula is C23H16ClF6N3O2S. The summed E-state index contributed by atoms with van der Waals surface area (Å²) in [5.74, 6) is -0.666. The molecular weight excluding hydrogens is 532 g/mol. The molecule has 0 atom stereocenters. The number of halogens is 7. The van der Waals surface area contributed by atoms with Crippen LogP contribution in [-0.2, 0) is 17.1 Å². The first-order valence-electron chi connectivity index (χ1n) is 9.96. The second-order valence-electron chi connectivity index (χ2n) is 7.22. The van der Waals surface area contributed by atoms with Crippen LogP contribution in [0.4, 0.5) is 48.2 Å². The predicted octanol–water partition coefficient (Wildman–Crippen LogP) is 7.75. The highest BCUT2D eigenvalue weighted by Crippen LogP contribution is 2.36. The van der Waals surface area contributed by atoms with E-state index >= 15 is 0 Å². The molecule has 0 heterocycles. The van der Waals surface area contributed by atoms with Crippen molar-refractivity contribution >= 4 is 52.4 Å². The minimum atomic E-state index is -4.80. The van der Waals surface area contributed by atoms with Crippen LogP contribution in [0.25, 0.3) is 0 Å². The molecule has 3 rings (SSSR count). The van der Waals surface area contributed by atoms with Gasteiger partial charge in [-0.15, -0.1) is 11.8 Å². The Balaban J connectivity index is 1.74. The second kappa shape index (κ2) is 11.1. The lowest BCUT2D eigenvalue weighted by atomic mass is 10.1. The zero-order chi connectivity index (χ0) is 26.5. The first kappa shape index (κ1) is 27.2. The van der Waals surface area contributed by atoms with Crippen LogP contribution in [0.3, 0.4) is 0 Å². The summed E-state index contributed by atoms with van der Waals surface area (Å²) < 4.78 is 79.1. The van der Waals surface area contributed by atoms with Gasteiger partial charge in [0.05, 0.1) is 21.9 Å². The molecule has 0 aliphatic heterocycles. The summed E-state index contributed by atoms with van der Waals surface area (Å²) in [6.45, 7) is 0.